The van der Waals surface area contributed by atoms with E-state index < -0.39 is 15.6 Å². The third-order valence-corrected chi connectivity index (χ3v) is 5.53. The number of hydrogen-bond donors (Lipinski definition) is 0. The first-order chi connectivity index (χ1) is 11.4. The molecule has 7 nitrogen and oxygen atoms in total. The maximum atomic E-state index is 12.4. The monoisotopic (exact) mass is 355 g/mol. The maximum absolute atomic E-state index is 12.4. The molecule has 1 saturated carbocycles. The van der Waals surface area contributed by atoms with Crippen molar-refractivity contribution in [3.8, 4) is 0 Å². The number of amides is 1. The van der Waals surface area contributed by atoms with E-state index in [-0.39, 0.29) is 11.8 Å². The van der Waals surface area contributed by atoms with E-state index in [1.807, 2.05) is 4.57 Å². The van der Waals surface area contributed by atoms with E-state index in [4.69, 9.17) is 4.74 Å². The van der Waals surface area contributed by atoms with E-state index >= 15 is 0 Å². The lowest BCUT2D eigenvalue weighted by Gasteiger charge is -2.27. The Balaban J connectivity index is 1.64. The summed E-state index contributed by atoms with van der Waals surface area (Å²) in [5.41, 5.74) is 0.929. The molecule has 24 heavy (non-hydrogen) atoms. The molecule has 0 bridgehead atoms. The second-order valence-corrected chi connectivity index (χ2v) is 9.22. The van der Waals surface area contributed by atoms with Gasteiger partial charge in [-0.1, -0.05) is 6.42 Å². The van der Waals surface area contributed by atoms with Gasteiger partial charge in [-0.3, -0.25) is 4.79 Å². The molecule has 0 aromatic carbocycles. The molecule has 134 valence electrons. The van der Waals surface area contributed by atoms with Crippen LogP contribution >= 0.6 is 0 Å². The van der Waals surface area contributed by atoms with Gasteiger partial charge < -0.3 is 14.2 Å². The zero-order valence-electron chi connectivity index (χ0n) is 14.1. The van der Waals surface area contributed by atoms with Gasteiger partial charge in [0.05, 0.1) is 25.2 Å². The Morgan fingerprint density at radius 2 is 2.04 bits per heavy atom. The summed E-state index contributed by atoms with van der Waals surface area (Å²) in [5, 5.41) is 0. The van der Waals surface area contributed by atoms with Crippen molar-refractivity contribution >= 4 is 15.7 Å². The van der Waals surface area contributed by atoms with E-state index in [1.165, 1.54) is 19.3 Å². The third-order valence-electron chi connectivity index (χ3n) is 4.76. The topological polar surface area (TPSA) is 81.5 Å². The number of imidazole rings is 1. The van der Waals surface area contributed by atoms with Crippen LogP contribution in [0.4, 0.5) is 0 Å². The van der Waals surface area contributed by atoms with Crippen LogP contribution in [0, 0.1) is 11.8 Å². The molecule has 2 heterocycles. The second-order valence-electron chi connectivity index (χ2n) is 7.08. The van der Waals surface area contributed by atoms with Crippen LogP contribution in [-0.2, 0) is 32.5 Å². The highest BCUT2D eigenvalue weighted by molar-refractivity contribution is 7.91. The van der Waals surface area contributed by atoms with Crippen molar-refractivity contribution in [3.63, 3.8) is 0 Å². The molecule has 1 aliphatic carbocycles. The van der Waals surface area contributed by atoms with Crippen molar-refractivity contribution in [1.82, 2.24) is 14.5 Å². The molecule has 0 spiro atoms. The summed E-state index contributed by atoms with van der Waals surface area (Å²) >= 11 is 0. The van der Waals surface area contributed by atoms with Crippen molar-refractivity contribution in [2.24, 2.45) is 11.8 Å². The highest BCUT2D eigenvalue weighted by Crippen LogP contribution is 2.26. The first kappa shape index (κ1) is 17.4. The van der Waals surface area contributed by atoms with E-state index in [0.717, 1.165) is 25.1 Å². The first-order valence-corrected chi connectivity index (χ1v) is 10.5. The molecule has 0 radical (unpaired) electrons. The van der Waals surface area contributed by atoms with Gasteiger partial charge in [-0.15, -0.1) is 0 Å². The molecule has 1 atom stereocenters. The van der Waals surface area contributed by atoms with E-state index in [0.29, 0.717) is 25.6 Å². The Morgan fingerprint density at radius 1 is 1.29 bits per heavy atom. The molecule has 3 rings (SSSR count). The molecule has 1 amide bonds. The Hall–Kier alpha value is -1.41. The average Bonchev–Trinajstić information content (AvgIpc) is 2.78. The molecular weight excluding hydrogens is 330 g/mol. The lowest BCUT2D eigenvalue weighted by molar-refractivity contribution is -0.129. The fraction of sp³-hybridized carbons (Fsp3) is 0.750. The Bertz CT molecular complexity index is 681. The van der Waals surface area contributed by atoms with Crippen LogP contribution in [0.25, 0.3) is 0 Å². The van der Waals surface area contributed by atoms with Crippen molar-refractivity contribution in [2.45, 2.75) is 32.4 Å². The molecule has 1 fully saturated rings. The number of carbonyl (C=O) groups is 1. The van der Waals surface area contributed by atoms with E-state index in [2.05, 4.69) is 4.98 Å². The van der Waals surface area contributed by atoms with Crippen LogP contribution in [0.2, 0.25) is 0 Å². The molecule has 0 N–H and O–H groups in total. The van der Waals surface area contributed by atoms with Crippen LogP contribution in [0.15, 0.2) is 12.5 Å². The molecule has 8 heteroatoms. The van der Waals surface area contributed by atoms with Crippen LogP contribution in [0.1, 0.15) is 25.0 Å². The number of ether oxygens (including phenoxy) is 1. The van der Waals surface area contributed by atoms with Gasteiger partial charge in [0.15, 0.2) is 9.84 Å². The molecule has 0 unspecified atom stereocenters. The number of sulfone groups is 1. The quantitative estimate of drug-likeness (QED) is 0.750. The van der Waals surface area contributed by atoms with Crippen molar-refractivity contribution in [3.05, 3.63) is 18.2 Å². The minimum Gasteiger partial charge on any atom is -0.381 e. The predicted molar refractivity (Wildman–Crippen MR) is 89.0 cm³/mol. The highest BCUT2D eigenvalue weighted by Gasteiger charge is 2.27. The van der Waals surface area contributed by atoms with Crippen molar-refractivity contribution < 1.29 is 17.9 Å². The minimum absolute atomic E-state index is 0.143. The number of aromatic nitrogens is 2. The van der Waals surface area contributed by atoms with Gasteiger partial charge >= 0.3 is 0 Å². The zero-order valence-corrected chi connectivity index (χ0v) is 14.9. The lowest BCUT2D eigenvalue weighted by atomic mass is 9.86. The first-order valence-electron chi connectivity index (χ1n) is 8.43. The highest BCUT2D eigenvalue weighted by atomic mass is 32.2. The van der Waals surface area contributed by atoms with E-state index in [1.54, 1.807) is 17.4 Å². The summed E-state index contributed by atoms with van der Waals surface area (Å²) in [7, 11) is -3.33. The summed E-state index contributed by atoms with van der Waals surface area (Å²) in [5.74, 6) is 0.0271. The number of carbonyl (C=O) groups excluding carboxylic acids is 1. The Morgan fingerprint density at radius 3 is 2.71 bits per heavy atom. The number of nitrogens with zero attached hydrogens (tertiary/aromatic N) is 3. The van der Waals surface area contributed by atoms with Gasteiger partial charge in [0.1, 0.15) is 5.75 Å². The Labute approximate surface area is 142 Å². The second kappa shape index (κ2) is 7.23. The molecule has 2 aliphatic rings. The van der Waals surface area contributed by atoms with Gasteiger partial charge in [0.25, 0.3) is 0 Å². The van der Waals surface area contributed by atoms with Crippen LogP contribution < -0.4 is 0 Å². The summed E-state index contributed by atoms with van der Waals surface area (Å²) in [6, 6.07) is 0. The standard InChI is InChI=1S/C16H25N3O4S/c1-24(21,22)11-16(20)18-6-14(10-23-9-13-3-2-4-13)7-19-12-17-5-15(19)8-18/h5,12-14H,2-4,6-11H2,1H3/t14-/m1/s1. The third kappa shape index (κ3) is 4.57. The number of fused-ring (bicyclic) bond motifs is 1. The lowest BCUT2D eigenvalue weighted by Crippen LogP contribution is -2.38. The smallest absolute Gasteiger partial charge is 0.238 e. The van der Waals surface area contributed by atoms with Gasteiger partial charge in [-0.05, 0) is 18.8 Å². The van der Waals surface area contributed by atoms with Gasteiger partial charge in [0, 0.05) is 38.1 Å². The normalized spacial score (nSPS) is 21.9. The van der Waals surface area contributed by atoms with Gasteiger partial charge in [0.2, 0.25) is 5.91 Å². The molecule has 0 saturated heterocycles. The molecule has 1 aliphatic heterocycles. The zero-order chi connectivity index (χ0) is 17.2. The average molecular weight is 355 g/mol. The number of rotatable bonds is 6. The van der Waals surface area contributed by atoms with Gasteiger partial charge in [-0.25, -0.2) is 13.4 Å². The van der Waals surface area contributed by atoms with Crippen LogP contribution in [-0.4, -0.2) is 60.5 Å². The molecule has 1 aromatic rings. The van der Waals surface area contributed by atoms with Crippen molar-refractivity contribution in [2.75, 3.05) is 31.8 Å². The summed E-state index contributed by atoms with van der Waals surface area (Å²) < 4.78 is 30.8. The summed E-state index contributed by atoms with van der Waals surface area (Å²) in [4.78, 5) is 18.1. The van der Waals surface area contributed by atoms with Crippen LogP contribution in [0.5, 0.6) is 0 Å². The van der Waals surface area contributed by atoms with Gasteiger partial charge in [-0.2, -0.15) is 0 Å². The van der Waals surface area contributed by atoms with E-state index in [9.17, 15) is 13.2 Å². The Kier molecular flexibility index (Phi) is 5.24. The maximum Gasteiger partial charge on any atom is 0.238 e. The van der Waals surface area contributed by atoms with Crippen LogP contribution in [0.3, 0.4) is 0 Å². The largest absolute Gasteiger partial charge is 0.381 e. The van der Waals surface area contributed by atoms with Crippen molar-refractivity contribution in [1.29, 1.82) is 0 Å². The number of hydrogen-bond acceptors (Lipinski definition) is 5. The minimum atomic E-state index is -3.33. The molecular formula is C16H25N3O4S. The fourth-order valence-corrected chi connectivity index (χ4v) is 3.85. The summed E-state index contributed by atoms with van der Waals surface area (Å²) in [6.07, 6.45) is 8.37. The SMILES string of the molecule is CS(=O)(=O)CC(=O)N1Cc2cncn2C[C@H](COCC2CCC2)C1. The summed E-state index contributed by atoms with van der Waals surface area (Å²) in [6.45, 7) is 3.01. The predicted octanol–water partition coefficient (Wildman–Crippen LogP) is 0.703. The molecule has 1 aromatic heterocycles. The fourth-order valence-electron chi connectivity index (χ4n) is 3.22.